The second kappa shape index (κ2) is 4.31. The predicted molar refractivity (Wildman–Crippen MR) is 54.7 cm³/mol. The molecule has 1 aromatic heterocycles. The van der Waals surface area contributed by atoms with Gasteiger partial charge in [-0.15, -0.1) is 0 Å². The highest BCUT2D eigenvalue weighted by atomic mass is 19.3. The fourth-order valence-corrected chi connectivity index (χ4v) is 1.79. The van der Waals surface area contributed by atoms with Gasteiger partial charge in [-0.05, 0) is 0 Å². The fraction of sp³-hybridized carbons (Fsp3) is 0.600. The lowest BCUT2D eigenvalue weighted by Crippen LogP contribution is -2.31. The van der Waals surface area contributed by atoms with E-state index in [-0.39, 0.29) is 37.6 Å². The SMILES string of the molecule is O=C(CCn1cc(O)cn1)N1CCC(F)(F)C1. The first-order valence-corrected chi connectivity index (χ1v) is 5.33. The maximum Gasteiger partial charge on any atom is 0.267 e. The minimum Gasteiger partial charge on any atom is -0.505 e. The monoisotopic (exact) mass is 245 g/mol. The second-order valence-electron chi connectivity index (χ2n) is 4.13. The van der Waals surface area contributed by atoms with Crippen LogP contribution in [0.25, 0.3) is 0 Å². The zero-order valence-electron chi connectivity index (χ0n) is 9.14. The fourth-order valence-electron chi connectivity index (χ4n) is 1.79. The molecule has 5 nitrogen and oxygen atoms in total. The van der Waals surface area contributed by atoms with E-state index in [1.165, 1.54) is 22.0 Å². The highest BCUT2D eigenvalue weighted by Gasteiger charge is 2.39. The van der Waals surface area contributed by atoms with E-state index >= 15 is 0 Å². The molecule has 0 radical (unpaired) electrons. The molecule has 0 saturated carbocycles. The van der Waals surface area contributed by atoms with E-state index in [1.807, 2.05) is 0 Å². The Balaban J connectivity index is 1.82. The third-order valence-corrected chi connectivity index (χ3v) is 2.70. The van der Waals surface area contributed by atoms with Crippen molar-refractivity contribution in [3.05, 3.63) is 12.4 Å². The minimum atomic E-state index is -2.75. The van der Waals surface area contributed by atoms with Gasteiger partial charge < -0.3 is 10.0 Å². The van der Waals surface area contributed by atoms with Crippen LogP contribution in [0.4, 0.5) is 8.78 Å². The van der Waals surface area contributed by atoms with Gasteiger partial charge in [-0.3, -0.25) is 9.48 Å². The van der Waals surface area contributed by atoms with Crippen LogP contribution in [-0.4, -0.2) is 44.7 Å². The van der Waals surface area contributed by atoms with Crippen molar-refractivity contribution in [2.45, 2.75) is 25.3 Å². The van der Waals surface area contributed by atoms with Gasteiger partial charge >= 0.3 is 0 Å². The van der Waals surface area contributed by atoms with E-state index in [0.717, 1.165) is 0 Å². The van der Waals surface area contributed by atoms with Crippen molar-refractivity contribution in [3.63, 3.8) is 0 Å². The van der Waals surface area contributed by atoms with Crippen LogP contribution in [0.5, 0.6) is 5.75 Å². The van der Waals surface area contributed by atoms with Crippen LogP contribution < -0.4 is 0 Å². The Kier molecular flexibility index (Phi) is 2.99. The molecule has 1 N–H and O–H groups in total. The highest BCUT2D eigenvalue weighted by molar-refractivity contribution is 5.76. The first kappa shape index (κ1) is 11.8. The topological polar surface area (TPSA) is 58.4 Å². The Morgan fingerprint density at radius 3 is 2.88 bits per heavy atom. The molecule has 0 spiro atoms. The molecule has 2 rings (SSSR count). The summed E-state index contributed by atoms with van der Waals surface area (Å²) in [6.07, 6.45) is 2.48. The summed E-state index contributed by atoms with van der Waals surface area (Å²) in [5.74, 6) is -3.04. The largest absolute Gasteiger partial charge is 0.505 e. The molecule has 1 aromatic rings. The van der Waals surface area contributed by atoms with Gasteiger partial charge in [0.2, 0.25) is 5.91 Å². The zero-order chi connectivity index (χ0) is 12.5. The van der Waals surface area contributed by atoms with Crippen LogP contribution in [-0.2, 0) is 11.3 Å². The molecule has 0 aromatic carbocycles. The van der Waals surface area contributed by atoms with Crippen LogP contribution in [0, 0.1) is 0 Å². The van der Waals surface area contributed by atoms with Crippen LogP contribution in [0.15, 0.2) is 12.4 Å². The Hall–Kier alpha value is -1.66. The van der Waals surface area contributed by atoms with E-state index in [0.29, 0.717) is 0 Å². The lowest BCUT2D eigenvalue weighted by Gasteiger charge is -2.15. The first-order valence-electron chi connectivity index (χ1n) is 5.33. The Labute approximate surface area is 96.6 Å². The summed E-state index contributed by atoms with van der Waals surface area (Å²) in [5, 5.41) is 12.8. The average molecular weight is 245 g/mol. The molecule has 1 aliphatic heterocycles. The van der Waals surface area contributed by atoms with E-state index in [2.05, 4.69) is 5.10 Å². The van der Waals surface area contributed by atoms with Gasteiger partial charge in [0.15, 0.2) is 5.75 Å². The van der Waals surface area contributed by atoms with Gasteiger partial charge in [-0.25, -0.2) is 8.78 Å². The summed E-state index contributed by atoms with van der Waals surface area (Å²) in [6.45, 7) is -0.103. The summed E-state index contributed by atoms with van der Waals surface area (Å²) < 4.78 is 27.2. The smallest absolute Gasteiger partial charge is 0.267 e. The molecule has 0 bridgehead atoms. The van der Waals surface area contributed by atoms with E-state index in [4.69, 9.17) is 5.11 Å². The number of hydrogen-bond acceptors (Lipinski definition) is 3. The summed E-state index contributed by atoms with van der Waals surface area (Å²) in [4.78, 5) is 12.8. The molecular formula is C10H13F2N3O2. The lowest BCUT2D eigenvalue weighted by molar-refractivity contribution is -0.131. The molecule has 0 atom stereocenters. The summed E-state index contributed by atoms with van der Waals surface area (Å²) in [5.41, 5.74) is 0. The number of aryl methyl sites for hydroxylation is 1. The van der Waals surface area contributed by atoms with E-state index < -0.39 is 12.5 Å². The maximum absolute atomic E-state index is 12.9. The van der Waals surface area contributed by atoms with Crippen molar-refractivity contribution >= 4 is 5.91 Å². The predicted octanol–water partition coefficient (Wildman–Crippen LogP) is 0.846. The molecular weight excluding hydrogens is 232 g/mol. The molecule has 17 heavy (non-hydrogen) atoms. The molecule has 1 amide bonds. The lowest BCUT2D eigenvalue weighted by atomic mass is 10.3. The van der Waals surface area contributed by atoms with Crippen LogP contribution in [0.1, 0.15) is 12.8 Å². The highest BCUT2D eigenvalue weighted by Crippen LogP contribution is 2.27. The molecule has 0 unspecified atom stereocenters. The van der Waals surface area contributed by atoms with Crippen molar-refractivity contribution in [2.75, 3.05) is 13.1 Å². The number of aromatic hydroxyl groups is 1. The normalized spacial score (nSPS) is 18.6. The number of carbonyl (C=O) groups excluding carboxylic acids is 1. The molecule has 0 aliphatic carbocycles. The van der Waals surface area contributed by atoms with Crippen molar-refractivity contribution in [1.82, 2.24) is 14.7 Å². The summed E-state index contributed by atoms with van der Waals surface area (Å²) >= 11 is 0. The summed E-state index contributed by atoms with van der Waals surface area (Å²) in [7, 11) is 0. The van der Waals surface area contributed by atoms with E-state index in [1.54, 1.807) is 0 Å². The number of likely N-dealkylation sites (tertiary alicyclic amines) is 1. The molecule has 7 heteroatoms. The van der Waals surface area contributed by atoms with Gasteiger partial charge in [0.25, 0.3) is 5.92 Å². The van der Waals surface area contributed by atoms with Gasteiger partial charge in [0.1, 0.15) is 0 Å². The van der Waals surface area contributed by atoms with Gasteiger partial charge in [0, 0.05) is 25.9 Å². The number of halogens is 2. The minimum absolute atomic E-state index is 0.0187. The van der Waals surface area contributed by atoms with Crippen LogP contribution in [0.2, 0.25) is 0 Å². The van der Waals surface area contributed by atoms with Crippen LogP contribution >= 0.6 is 0 Å². The number of aromatic nitrogens is 2. The Bertz CT molecular complexity index is 419. The number of hydrogen-bond donors (Lipinski definition) is 1. The second-order valence-corrected chi connectivity index (χ2v) is 4.13. The average Bonchev–Trinajstić information content (AvgIpc) is 2.81. The molecule has 2 heterocycles. The van der Waals surface area contributed by atoms with Gasteiger partial charge in [-0.1, -0.05) is 0 Å². The maximum atomic E-state index is 12.9. The number of alkyl halides is 2. The molecule has 1 saturated heterocycles. The van der Waals surface area contributed by atoms with Crippen molar-refractivity contribution in [1.29, 1.82) is 0 Å². The Morgan fingerprint density at radius 2 is 2.35 bits per heavy atom. The number of carbonyl (C=O) groups is 1. The third kappa shape index (κ3) is 2.92. The van der Waals surface area contributed by atoms with E-state index in [9.17, 15) is 13.6 Å². The van der Waals surface area contributed by atoms with Crippen molar-refractivity contribution < 1.29 is 18.7 Å². The molecule has 1 aliphatic rings. The standard InChI is InChI=1S/C10H13F2N3O2/c11-10(12)2-4-14(7-10)9(17)1-3-15-6-8(16)5-13-15/h5-6,16H,1-4,7H2. The number of amides is 1. The Morgan fingerprint density at radius 1 is 1.59 bits per heavy atom. The van der Waals surface area contributed by atoms with Gasteiger partial charge in [0.05, 0.1) is 18.9 Å². The summed E-state index contributed by atoms with van der Waals surface area (Å²) in [6, 6.07) is 0. The van der Waals surface area contributed by atoms with Crippen molar-refractivity contribution in [3.8, 4) is 5.75 Å². The molecule has 1 fully saturated rings. The third-order valence-electron chi connectivity index (χ3n) is 2.70. The van der Waals surface area contributed by atoms with Crippen molar-refractivity contribution in [2.24, 2.45) is 0 Å². The quantitative estimate of drug-likeness (QED) is 0.858. The first-order chi connectivity index (χ1) is 7.96. The van der Waals surface area contributed by atoms with Gasteiger partial charge in [-0.2, -0.15) is 5.10 Å². The molecule has 94 valence electrons. The van der Waals surface area contributed by atoms with Crippen LogP contribution in [0.3, 0.4) is 0 Å². The number of nitrogens with zero attached hydrogens (tertiary/aromatic N) is 3. The number of rotatable bonds is 3. The zero-order valence-corrected chi connectivity index (χ0v) is 9.14.